The van der Waals surface area contributed by atoms with Crippen molar-refractivity contribution >= 4 is 29.1 Å². The summed E-state index contributed by atoms with van der Waals surface area (Å²) in [4.78, 5) is 22.9. The summed E-state index contributed by atoms with van der Waals surface area (Å²) in [6.45, 7) is 1.83. The molecule has 0 fully saturated rings. The summed E-state index contributed by atoms with van der Waals surface area (Å²) >= 11 is 5.71. The second kappa shape index (κ2) is 7.74. The molecule has 2 aromatic carbocycles. The molecule has 23 heavy (non-hydrogen) atoms. The van der Waals surface area contributed by atoms with Gasteiger partial charge in [0.15, 0.2) is 0 Å². The first-order chi connectivity index (χ1) is 11.0. The Hall–Kier alpha value is -2.40. The van der Waals surface area contributed by atoms with Gasteiger partial charge >= 0.3 is 0 Å². The molecule has 0 saturated heterocycles. The van der Waals surface area contributed by atoms with Crippen LogP contribution in [-0.2, 0) is 11.2 Å². The van der Waals surface area contributed by atoms with Crippen LogP contribution in [0, 0.1) is 5.82 Å². The van der Waals surface area contributed by atoms with E-state index in [0.29, 0.717) is 24.2 Å². The van der Waals surface area contributed by atoms with E-state index >= 15 is 0 Å². The fraction of sp³-hybridized carbons (Fsp3) is 0.176. The predicted molar refractivity (Wildman–Crippen MR) is 88.2 cm³/mol. The Morgan fingerprint density at radius 1 is 1.13 bits per heavy atom. The van der Waals surface area contributed by atoms with Crippen LogP contribution in [0.2, 0.25) is 5.02 Å². The molecule has 0 aromatic heterocycles. The summed E-state index contributed by atoms with van der Waals surface area (Å²) in [5, 5.41) is 5.48. The molecule has 0 radical (unpaired) electrons. The smallest absolute Gasteiger partial charge is 0.251 e. The van der Waals surface area contributed by atoms with Gasteiger partial charge in [-0.05, 0) is 48.4 Å². The number of hydrogen-bond donors (Lipinski definition) is 2. The van der Waals surface area contributed by atoms with Crippen molar-refractivity contribution in [2.24, 2.45) is 0 Å². The van der Waals surface area contributed by atoms with Crippen molar-refractivity contribution in [3.05, 3.63) is 64.4 Å². The second-order valence-corrected chi connectivity index (χ2v) is 5.42. The van der Waals surface area contributed by atoms with Gasteiger partial charge in [0.1, 0.15) is 5.82 Å². The maximum atomic E-state index is 13.1. The molecule has 0 aliphatic carbocycles. The highest BCUT2D eigenvalue weighted by Crippen LogP contribution is 2.16. The molecular weight excluding hydrogens is 319 g/mol. The number of hydrogen-bond acceptors (Lipinski definition) is 2. The standard InChI is InChI=1S/C17H16ClFN2O2/c1-11(22)21-14-5-3-13(4-6-14)17(23)20-9-8-12-2-7-16(19)15(18)10-12/h2-7,10H,8-9H2,1H3,(H,20,23)(H,21,22). The predicted octanol–water partition coefficient (Wildman–Crippen LogP) is 3.41. The van der Waals surface area contributed by atoms with Crippen LogP contribution in [0.3, 0.4) is 0 Å². The van der Waals surface area contributed by atoms with Crippen molar-refractivity contribution in [3.63, 3.8) is 0 Å². The normalized spacial score (nSPS) is 10.2. The van der Waals surface area contributed by atoms with Crippen LogP contribution in [0.1, 0.15) is 22.8 Å². The molecule has 0 bridgehead atoms. The Morgan fingerprint density at radius 2 is 1.83 bits per heavy atom. The lowest BCUT2D eigenvalue weighted by Gasteiger charge is -2.07. The Labute approximate surface area is 138 Å². The summed E-state index contributed by atoms with van der Waals surface area (Å²) < 4.78 is 13.1. The van der Waals surface area contributed by atoms with Crippen LogP contribution >= 0.6 is 11.6 Å². The first kappa shape index (κ1) is 17.0. The molecular formula is C17H16ClFN2O2. The van der Waals surface area contributed by atoms with Crippen LogP contribution in [0.15, 0.2) is 42.5 Å². The summed E-state index contributed by atoms with van der Waals surface area (Å²) in [6, 6.07) is 11.1. The Bertz CT molecular complexity index is 717. The first-order valence-electron chi connectivity index (χ1n) is 7.05. The van der Waals surface area contributed by atoms with Gasteiger partial charge in [-0.25, -0.2) is 4.39 Å². The Kier molecular flexibility index (Phi) is 5.71. The quantitative estimate of drug-likeness (QED) is 0.880. The number of amides is 2. The van der Waals surface area contributed by atoms with Gasteiger partial charge < -0.3 is 10.6 Å². The Morgan fingerprint density at radius 3 is 2.43 bits per heavy atom. The fourth-order valence-corrected chi connectivity index (χ4v) is 2.23. The minimum atomic E-state index is -0.460. The topological polar surface area (TPSA) is 58.2 Å². The average molecular weight is 335 g/mol. The second-order valence-electron chi connectivity index (χ2n) is 5.01. The number of rotatable bonds is 5. The third-order valence-electron chi connectivity index (χ3n) is 3.15. The third-order valence-corrected chi connectivity index (χ3v) is 3.44. The number of nitrogens with one attached hydrogen (secondary N) is 2. The molecule has 0 spiro atoms. The van der Waals surface area contributed by atoms with E-state index in [0.717, 1.165) is 5.56 Å². The first-order valence-corrected chi connectivity index (χ1v) is 7.43. The van der Waals surface area contributed by atoms with Gasteiger partial charge in [0.2, 0.25) is 5.91 Å². The van der Waals surface area contributed by atoms with Gasteiger partial charge in [0.05, 0.1) is 5.02 Å². The number of carbonyl (C=O) groups is 2. The highest BCUT2D eigenvalue weighted by atomic mass is 35.5. The minimum absolute atomic E-state index is 0.0717. The van der Waals surface area contributed by atoms with E-state index < -0.39 is 5.82 Å². The molecule has 2 amide bonds. The van der Waals surface area contributed by atoms with Crippen molar-refractivity contribution in [2.75, 3.05) is 11.9 Å². The van der Waals surface area contributed by atoms with Gasteiger partial charge in [-0.3, -0.25) is 9.59 Å². The highest BCUT2D eigenvalue weighted by Gasteiger charge is 2.06. The van der Waals surface area contributed by atoms with Crippen LogP contribution < -0.4 is 10.6 Å². The zero-order valence-electron chi connectivity index (χ0n) is 12.5. The molecule has 2 N–H and O–H groups in total. The molecule has 0 aliphatic heterocycles. The number of anilines is 1. The molecule has 0 aliphatic rings. The van der Waals surface area contributed by atoms with Crippen LogP contribution in [0.5, 0.6) is 0 Å². The third kappa shape index (κ3) is 5.07. The monoisotopic (exact) mass is 334 g/mol. The van der Waals surface area contributed by atoms with Gasteiger partial charge in [0.25, 0.3) is 5.91 Å². The van der Waals surface area contributed by atoms with Crippen LogP contribution in [-0.4, -0.2) is 18.4 Å². The van der Waals surface area contributed by atoms with Crippen molar-refractivity contribution in [1.82, 2.24) is 5.32 Å². The van der Waals surface area contributed by atoms with E-state index in [1.54, 1.807) is 36.4 Å². The highest BCUT2D eigenvalue weighted by molar-refractivity contribution is 6.30. The Balaban J connectivity index is 1.86. The zero-order chi connectivity index (χ0) is 16.8. The molecule has 0 saturated carbocycles. The fourth-order valence-electron chi connectivity index (χ4n) is 2.03. The zero-order valence-corrected chi connectivity index (χ0v) is 13.3. The number of benzene rings is 2. The van der Waals surface area contributed by atoms with E-state index in [1.807, 2.05) is 0 Å². The largest absolute Gasteiger partial charge is 0.352 e. The molecule has 0 atom stereocenters. The van der Waals surface area contributed by atoms with Gasteiger partial charge in [-0.2, -0.15) is 0 Å². The molecule has 6 heteroatoms. The number of halogens is 2. The summed E-state index contributed by atoms with van der Waals surface area (Å²) in [5.41, 5.74) is 1.98. The van der Waals surface area contributed by atoms with Crippen molar-refractivity contribution in [2.45, 2.75) is 13.3 Å². The maximum Gasteiger partial charge on any atom is 0.251 e. The van der Waals surface area contributed by atoms with E-state index in [2.05, 4.69) is 10.6 Å². The van der Waals surface area contributed by atoms with Gasteiger partial charge in [-0.15, -0.1) is 0 Å². The SMILES string of the molecule is CC(=O)Nc1ccc(C(=O)NCCc2ccc(F)c(Cl)c2)cc1. The van der Waals surface area contributed by atoms with Crippen LogP contribution in [0.25, 0.3) is 0 Å². The number of carbonyl (C=O) groups excluding carboxylic acids is 2. The van der Waals surface area contributed by atoms with Crippen molar-refractivity contribution in [3.8, 4) is 0 Å². The maximum absolute atomic E-state index is 13.1. The molecule has 2 rings (SSSR count). The molecule has 4 nitrogen and oxygen atoms in total. The van der Waals surface area contributed by atoms with Crippen LogP contribution in [0.4, 0.5) is 10.1 Å². The van der Waals surface area contributed by atoms with E-state index in [1.165, 1.54) is 13.0 Å². The van der Waals surface area contributed by atoms with Crippen molar-refractivity contribution in [1.29, 1.82) is 0 Å². The molecule has 0 heterocycles. The van der Waals surface area contributed by atoms with E-state index in [-0.39, 0.29) is 16.8 Å². The lowest BCUT2D eigenvalue weighted by molar-refractivity contribution is -0.114. The van der Waals surface area contributed by atoms with E-state index in [4.69, 9.17) is 11.6 Å². The summed E-state index contributed by atoms with van der Waals surface area (Å²) in [6.07, 6.45) is 0.551. The lowest BCUT2D eigenvalue weighted by atomic mass is 10.1. The van der Waals surface area contributed by atoms with Gasteiger partial charge in [-0.1, -0.05) is 17.7 Å². The lowest BCUT2D eigenvalue weighted by Crippen LogP contribution is -2.25. The molecule has 2 aromatic rings. The van der Waals surface area contributed by atoms with E-state index in [9.17, 15) is 14.0 Å². The van der Waals surface area contributed by atoms with Crippen molar-refractivity contribution < 1.29 is 14.0 Å². The summed E-state index contributed by atoms with van der Waals surface area (Å²) in [5.74, 6) is -0.841. The minimum Gasteiger partial charge on any atom is -0.352 e. The molecule has 0 unspecified atom stereocenters. The molecule has 120 valence electrons. The van der Waals surface area contributed by atoms with Gasteiger partial charge in [0, 0.05) is 24.7 Å². The average Bonchev–Trinajstić information content (AvgIpc) is 2.51. The summed E-state index contributed by atoms with van der Waals surface area (Å²) in [7, 11) is 0.